The van der Waals surface area contributed by atoms with Gasteiger partial charge in [0.2, 0.25) is 0 Å². The molecule has 2 heterocycles. The van der Waals surface area contributed by atoms with Crippen LogP contribution in [0.4, 0.5) is 5.82 Å². The third kappa shape index (κ3) is 2.17. The lowest BCUT2D eigenvalue weighted by atomic mass is 10.1. The molecule has 0 amide bonds. The summed E-state index contributed by atoms with van der Waals surface area (Å²) in [6, 6.07) is 12.6. The van der Waals surface area contributed by atoms with Crippen molar-refractivity contribution in [2.24, 2.45) is 0 Å². The van der Waals surface area contributed by atoms with E-state index in [9.17, 15) is 0 Å². The van der Waals surface area contributed by atoms with Gasteiger partial charge in [0.25, 0.3) is 0 Å². The highest BCUT2D eigenvalue weighted by Crippen LogP contribution is 2.35. The summed E-state index contributed by atoms with van der Waals surface area (Å²) in [5.74, 6) is 1.81. The van der Waals surface area contributed by atoms with Gasteiger partial charge in [0, 0.05) is 10.9 Å². The molecule has 0 spiro atoms. The van der Waals surface area contributed by atoms with Crippen LogP contribution in [0.2, 0.25) is 0 Å². The van der Waals surface area contributed by atoms with Crippen molar-refractivity contribution in [1.82, 2.24) is 9.97 Å². The maximum atomic E-state index is 5.77. The third-order valence-electron chi connectivity index (χ3n) is 4.05. The van der Waals surface area contributed by atoms with E-state index in [2.05, 4.69) is 53.4 Å². The van der Waals surface area contributed by atoms with Crippen LogP contribution >= 0.6 is 0 Å². The van der Waals surface area contributed by atoms with Gasteiger partial charge in [-0.05, 0) is 32.0 Å². The molecule has 0 fully saturated rings. The Balaban J connectivity index is 1.74. The van der Waals surface area contributed by atoms with E-state index in [1.165, 1.54) is 16.7 Å². The summed E-state index contributed by atoms with van der Waals surface area (Å²) >= 11 is 0. The number of hydrogen-bond acceptors (Lipinski definition) is 4. The molecular weight excluding hydrogens is 274 g/mol. The third-order valence-corrected chi connectivity index (χ3v) is 4.05. The normalized spacial score (nSPS) is 16.4. The lowest BCUT2D eigenvalue weighted by molar-refractivity contribution is 0.339. The summed E-state index contributed by atoms with van der Waals surface area (Å²) in [6.45, 7) is 4.79. The Bertz CT molecular complexity index is 860. The molecule has 4 rings (SSSR count). The Hall–Kier alpha value is -2.62. The quantitative estimate of drug-likeness (QED) is 0.780. The smallest absolute Gasteiger partial charge is 0.137 e. The topological polar surface area (TPSA) is 47.0 Å². The number of rotatable bonds is 2. The van der Waals surface area contributed by atoms with E-state index >= 15 is 0 Å². The molecule has 0 aliphatic carbocycles. The maximum absolute atomic E-state index is 5.77. The second-order valence-corrected chi connectivity index (χ2v) is 5.79. The molecule has 1 N–H and O–H groups in total. The first kappa shape index (κ1) is 13.1. The van der Waals surface area contributed by atoms with Crippen molar-refractivity contribution in [3.63, 3.8) is 0 Å². The number of aromatic nitrogens is 2. The van der Waals surface area contributed by atoms with E-state index in [0.29, 0.717) is 6.61 Å². The van der Waals surface area contributed by atoms with Crippen LogP contribution in [0.25, 0.3) is 10.9 Å². The number of benzene rings is 2. The minimum atomic E-state index is 0.119. The number of anilines is 1. The molecule has 110 valence electrons. The van der Waals surface area contributed by atoms with Crippen molar-refractivity contribution in [2.45, 2.75) is 19.9 Å². The molecule has 22 heavy (non-hydrogen) atoms. The average molecular weight is 291 g/mol. The predicted molar refractivity (Wildman–Crippen MR) is 87.3 cm³/mol. The molecule has 4 heteroatoms. The van der Waals surface area contributed by atoms with Gasteiger partial charge in [-0.3, -0.25) is 0 Å². The van der Waals surface area contributed by atoms with Crippen molar-refractivity contribution in [3.8, 4) is 5.75 Å². The molecule has 1 aromatic heterocycles. The summed E-state index contributed by atoms with van der Waals surface area (Å²) in [5.41, 5.74) is 4.58. The molecule has 2 aromatic carbocycles. The average Bonchev–Trinajstić information content (AvgIpc) is 2.90. The molecule has 0 bridgehead atoms. The molecule has 0 saturated carbocycles. The molecule has 0 radical (unpaired) electrons. The highest BCUT2D eigenvalue weighted by atomic mass is 16.5. The molecule has 1 aliphatic heterocycles. The summed E-state index contributed by atoms with van der Waals surface area (Å²) < 4.78 is 5.77. The van der Waals surface area contributed by atoms with Crippen LogP contribution in [0.5, 0.6) is 5.75 Å². The molecule has 1 aliphatic rings. The van der Waals surface area contributed by atoms with Crippen molar-refractivity contribution in [1.29, 1.82) is 0 Å². The van der Waals surface area contributed by atoms with Crippen LogP contribution < -0.4 is 10.1 Å². The standard InChI is InChI=1S/C18H17N3O/c1-11-3-5-15-14(8-11)18(20-10-19-15)21-16-9-22-17-6-4-12(2)7-13(16)17/h3-8,10,16H,9H2,1-2H3,(H,19,20,21). The van der Waals surface area contributed by atoms with Crippen LogP contribution in [0.15, 0.2) is 42.7 Å². The predicted octanol–water partition coefficient (Wildman–Crippen LogP) is 3.79. The van der Waals surface area contributed by atoms with Crippen LogP contribution in [-0.4, -0.2) is 16.6 Å². The van der Waals surface area contributed by atoms with Gasteiger partial charge in [-0.2, -0.15) is 0 Å². The van der Waals surface area contributed by atoms with Gasteiger partial charge in [-0.25, -0.2) is 9.97 Å². The summed E-state index contributed by atoms with van der Waals surface area (Å²) in [5, 5.41) is 4.56. The first-order valence-corrected chi connectivity index (χ1v) is 7.42. The van der Waals surface area contributed by atoms with Crippen LogP contribution in [0.1, 0.15) is 22.7 Å². The van der Waals surface area contributed by atoms with Gasteiger partial charge in [-0.1, -0.05) is 29.3 Å². The van der Waals surface area contributed by atoms with E-state index in [1.807, 2.05) is 12.1 Å². The van der Waals surface area contributed by atoms with Crippen molar-refractivity contribution in [3.05, 3.63) is 59.4 Å². The minimum Gasteiger partial charge on any atom is -0.491 e. The Morgan fingerprint density at radius 3 is 2.77 bits per heavy atom. The van der Waals surface area contributed by atoms with Crippen LogP contribution in [0, 0.1) is 13.8 Å². The zero-order valence-electron chi connectivity index (χ0n) is 12.6. The fourth-order valence-corrected chi connectivity index (χ4v) is 2.90. The van der Waals surface area contributed by atoms with E-state index in [1.54, 1.807) is 6.33 Å². The van der Waals surface area contributed by atoms with Gasteiger partial charge in [-0.15, -0.1) is 0 Å². The van der Waals surface area contributed by atoms with Gasteiger partial charge >= 0.3 is 0 Å². The zero-order valence-corrected chi connectivity index (χ0v) is 12.6. The summed E-state index contributed by atoms with van der Waals surface area (Å²) in [6.07, 6.45) is 1.60. The highest BCUT2D eigenvalue weighted by molar-refractivity contribution is 5.89. The fourth-order valence-electron chi connectivity index (χ4n) is 2.90. The lowest BCUT2D eigenvalue weighted by Gasteiger charge is -2.14. The maximum Gasteiger partial charge on any atom is 0.137 e. The van der Waals surface area contributed by atoms with E-state index < -0.39 is 0 Å². The van der Waals surface area contributed by atoms with Gasteiger partial charge in [0.15, 0.2) is 0 Å². The Kier molecular flexibility index (Phi) is 2.96. The molecule has 3 aromatic rings. The van der Waals surface area contributed by atoms with Gasteiger partial charge < -0.3 is 10.1 Å². The van der Waals surface area contributed by atoms with Crippen molar-refractivity contribution >= 4 is 16.7 Å². The number of hydrogen-bond donors (Lipinski definition) is 1. The lowest BCUT2D eigenvalue weighted by Crippen LogP contribution is -2.13. The van der Waals surface area contributed by atoms with Gasteiger partial charge in [0.05, 0.1) is 11.6 Å². The monoisotopic (exact) mass is 291 g/mol. The number of fused-ring (bicyclic) bond motifs is 2. The Labute approximate surface area is 129 Å². The number of aryl methyl sites for hydroxylation is 2. The minimum absolute atomic E-state index is 0.119. The first-order chi connectivity index (χ1) is 10.7. The van der Waals surface area contributed by atoms with Crippen molar-refractivity contribution < 1.29 is 4.74 Å². The number of ether oxygens (including phenoxy) is 1. The molecule has 0 saturated heterocycles. The molecule has 1 atom stereocenters. The molecular formula is C18H17N3O. The van der Waals surface area contributed by atoms with E-state index in [-0.39, 0.29) is 6.04 Å². The Morgan fingerprint density at radius 2 is 1.86 bits per heavy atom. The van der Waals surface area contributed by atoms with Gasteiger partial charge in [0.1, 0.15) is 24.5 Å². The first-order valence-electron chi connectivity index (χ1n) is 7.42. The molecule has 4 nitrogen and oxygen atoms in total. The van der Waals surface area contributed by atoms with Crippen molar-refractivity contribution in [2.75, 3.05) is 11.9 Å². The number of nitrogens with one attached hydrogen (secondary N) is 1. The number of nitrogens with zero attached hydrogens (tertiary/aromatic N) is 2. The fraction of sp³-hybridized carbons (Fsp3) is 0.222. The van der Waals surface area contributed by atoms with E-state index in [0.717, 1.165) is 22.5 Å². The second kappa shape index (κ2) is 4.98. The van der Waals surface area contributed by atoms with Crippen LogP contribution in [0.3, 0.4) is 0 Å². The van der Waals surface area contributed by atoms with E-state index in [4.69, 9.17) is 4.74 Å². The Morgan fingerprint density at radius 1 is 1.05 bits per heavy atom. The second-order valence-electron chi connectivity index (χ2n) is 5.79. The largest absolute Gasteiger partial charge is 0.491 e. The molecule has 1 unspecified atom stereocenters. The zero-order chi connectivity index (χ0) is 15.1. The SMILES string of the molecule is Cc1ccc2c(c1)C(Nc1ncnc3ccc(C)cc13)CO2. The highest BCUT2D eigenvalue weighted by Gasteiger charge is 2.24. The summed E-state index contributed by atoms with van der Waals surface area (Å²) in [4.78, 5) is 8.76. The summed E-state index contributed by atoms with van der Waals surface area (Å²) in [7, 11) is 0. The van der Waals surface area contributed by atoms with Crippen LogP contribution in [-0.2, 0) is 0 Å².